The summed E-state index contributed by atoms with van der Waals surface area (Å²) in [5.74, 6) is 0.791. The average Bonchev–Trinajstić information content (AvgIpc) is 3.08. The molecule has 3 aromatic rings. The van der Waals surface area contributed by atoms with Crippen molar-refractivity contribution < 1.29 is 9.53 Å². The maximum Gasteiger partial charge on any atom is 0.321 e. The molecule has 1 aliphatic rings. The fourth-order valence-corrected chi connectivity index (χ4v) is 2.98. The number of likely N-dealkylation sites (tertiary alicyclic amines) is 1. The molecule has 0 spiro atoms. The number of nitrogens with one attached hydrogen (secondary N) is 1. The number of aromatic nitrogens is 3. The van der Waals surface area contributed by atoms with Crippen LogP contribution < -0.4 is 10.1 Å². The summed E-state index contributed by atoms with van der Waals surface area (Å²) in [7, 11) is 0. The van der Waals surface area contributed by atoms with Crippen molar-refractivity contribution in [1.29, 1.82) is 0 Å². The Kier molecular flexibility index (Phi) is 4.93. The van der Waals surface area contributed by atoms with Gasteiger partial charge in [-0.2, -0.15) is 0 Å². The Bertz CT molecular complexity index is 925. The highest BCUT2D eigenvalue weighted by Crippen LogP contribution is 2.22. The van der Waals surface area contributed by atoms with Gasteiger partial charge in [0.2, 0.25) is 0 Å². The third-order valence-electron chi connectivity index (χ3n) is 4.29. The van der Waals surface area contributed by atoms with Crippen LogP contribution >= 0.6 is 11.6 Å². The third-order valence-corrected chi connectivity index (χ3v) is 4.52. The van der Waals surface area contributed by atoms with Gasteiger partial charge in [-0.15, -0.1) is 5.10 Å². The Hall–Kier alpha value is -3.06. The lowest BCUT2D eigenvalue weighted by Gasteiger charge is -2.38. The number of halogens is 1. The minimum absolute atomic E-state index is 0.119. The molecular formula is C19H18ClN5O2. The minimum Gasteiger partial charge on any atom is -0.487 e. The Morgan fingerprint density at radius 1 is 1.19 bits per heavy atom. The molecule has 0 aliphatic carbocycles. The number of para-hydroxylation sites is 1. The van der Waals surface area contributed by atoms with Crippen LogP contribution in [-0.2, 0) is 6.61 Å². The first kappa shape index (κ1) is 17.4. The lowest BCUT2D eigenvalue weighted by atomic mass is 10.1. The van der Waals surface area contributed by atoms with E-state index in [1.165, 1.54) is 0 Å². The number of rotatable bonds is 5. The number of carbonyl (C=O) groups is 1. The molecule has 0 radical (unpaired) electrons. The van der Waals surface area contributed by atoms with Crippen molar-refractivity contribution in [1.82, 2.24) is 19.9 Å². The van der Waals surface area contributed by atoms with Crippen LogP contribution in [0, 0.1) is 0 Å². The van der Waals surface area contributed by atoms with Gasteiger partial charge < -0.3 is 15.0 Å². The molecule has 0 unspecified atom stereocenters. The first-order chi connectivity index (χ1) is 13.2. The van der Waals surface area contributed by atoms with E-state index in [4.69, 9.17) is 16.3 Å². The quantitative estimate of drug-likeness (QED) is 0.730. The van der Waals surface area contributed by atoms with Crippen LogP contribution in [0.15, 0.2) is 60.8 Å². The largest absolute Gasteiger partial charge is 0.487 e. The number of nitrogens with zero attached hydrogens (tertiary/aromatic N) is 4. The number of urea groups is 1. The lowest BCUT2D eigenvalue weighted by molar-refractivity contribution is 0.127. The summed E-state index contributed by atoms with van der Waals surface area (Å²) in [6, 6.07) is 16.6. The van der Waals surface area contributed by atoms with Crippen molar-refractivity contribution in [3.8, 4) is 5.75 Å². The predicted molar refractivity (Wildman–Crippen MR) is 102 cm³/mol. The summed E-state index contributed by atoms with van der Waals surface area (Å²) < 4.78 is 7.46. The molecule has 2 amide bonds. The highest BCUT2D eigenvalue weighted by Gasteiger charge is 2.32. The molecule has 1 aliphatic heterocycles. The molecule has 1 saturated heterocycles. The number of hydrogen-bond acceptors (Lipinski definition) is 4. The third kappa shape index (κ3) is 4.20. The molecule has 0 bridgehead atoms. The van der Waals surface area contributed by atoms with Gasteiger partial charge in [0, 0.05) is 23.8 Å². The van der Waals surface area contributed by atoms with Gasteiger partial charge in [0.25, 0.3) is 0 Å². The SMILES string of the molecule is O=C(Nc1cccc(Cl)c1)N1CC(n2cc(COc3ccccc3)nn2)C1. The Morgan fingerprint density at radius 2 is 2.00 bits per heavy atom. The number of carbonyl (C=O) groups excluding carboxylic acids is 1. The molecule has 1 aromatic heterocycles. The van der Waals surface area contributed by atoms with E-state index in [0.29, 0.717) is 30.4 Å². The van der Waals surface area contributed by atoms with E-state index >= 15 is 0 Å². The minimum atomic E-state index is -0.152. The summed E-state index contributed by atoms with van der Waals surface area (Å²) in [4.78, 5) is 14.0. The summed E-state index contributed by atoms with van der Waals surface area (Å²) in [5.41, 5.74) is 1.43. The van der Waals surface area contributed by atoms with Crippen molar-refractivity contribution in [3.05, 3.63) is 71.5 Å². The number of ether oxygens (including phenoxy) is 1. The van der Waals surface area contributed by atoms with Gasteiger partial charge in [-0.05, 0) is 30.3 Å². The van der Waals surface area contributed by atoms with Gasteiger partial charge >= 0.3 is 6.03 Å². The fraction of sp³-hybridized carbons (Fsp3) is 0.211. The van der Waals surface area contributed by atoms with Crippen molar-refractivity contribution in [2.24, 2.45) is 0 Å². The standard InChI is InChI=1S/C19H18ClN5O2/c20-14-5-4-6-15(9-14)21-19(26)24-11-17(12-24)25-10-16(22-23-25)13-27-18-7-2-1-3-8-18/h1-10,17H,11-13H2,(H,21,26). The average molecular weight is 384 g/mol. The number of amides is 2. The zero-order valence-electron chi connectivity index (χ0n) is 14.5. The molecule has 138 valence electrons. The van der Waals surface area contributed by atoms with E-state index < -0.39 is 0 Å². The number of hydrogen-bond donors (Lipinski definition) is 1. The van der Waals surface area contributed by atoms with E-state index in [-0.39, 0.29) is 12.1 Å². The van der Waals surface area contributed by atoms with Crippen LogP contribution in [0.5, 0.6) is 5.75 Å². The normalized spacial score (nSPS) is 13.9. The van der Waals surface area contributed by atoms with Gasteiger partial charge in [0.05, 0.1) is 12.2 Å². The Balaban J connectivity index is 1.27. The van der Waals surface area contributed by atoms with E-state index in [1.807, 2.05) is 36.5 Å². The molecule has 4 rings (SSSR count). The van der Waals surface area contributed by atoms with Crippen LogP contribution in [0.2, 0.25) is 5.02 Å². The molecule has 1 N–H and O–H groups in total. The van der Waals surface area contributed by atoms with Gasteiger partial charge in [-0.25, -0.2) is 9.48 Å². The number of benzene rings is 2. The molecule has 2 heterocycles. The van der Waals surface area contributed by atoms with Gasteiger partial charge in [0.1, 0.15) is 18.1 Å². The molecule has 2 aromatic carbocycles. The second-order valence-electron chi connectivity index (χ2n) is 6.29. The summed E-state index contributed by atoms with van der Waals surface area (Å²) >= 11 is 5.93. The second kappa shape index (κ2) is 7.67. The molecule has 0 saturated carbocycles. The van der Waals surface area contributed by atoms with Gasteiger partial charge in [0.15, 0.2) is 0 Å². The topological polar surface area (TPSA) is 72.3 Å². The summed E-state index contributed by atoms with van der Waals surface area (Å²) in [6.45, 7) is 1.51. The zero-order chi connectivity index (χ0) is 18.6. The van der Waals surface area contributed by atoms with Crippen molar-refractivity contribution in [2.45, 2.75) is 12.6 Å². The summed E-state index contributed by atoms with van der Waals surface area (Å²) in [6.07, 6.45) is 1.86. The summed E-state index contributed by atoms with van der Waals surface area (Å²) in [5, 5.41) is 11.7. The highest BCUT2D eigenvalue weighted by molar-refractivity contribution is 6.30. The number of anilines is 1. The van der Waals surface area contributed by atoms with Gasteiger partial charge in [-0.1, -0.05) is 41.1 Å². The smallest absolute Gasteiger partial charge is 0.321 e. The van der Waals surface area contributed by atoms with Crippen molar-refractivity contribution >= 4 is 23.3 Å². The zero-order valence-corrected chi connectivity index (χ0v) is 15.2. The van der Waals surface area contributed by atoms with Crippen LogP contribution in [0.4, 0.5) is 10.5 Å². The predicted octanol–water partition coefficient (Wildman–Crippen LogP) is 3.60. The van der Waals surface area contributed by atoms with Gasteiger partial charge in [-0.3, -0.25) is 0 Å². The molecule has 1 fully saturated rings. The second-order valence-corrected chi connectivity index (χ2v) is 6.73. The van der Waals surface area contributed by atoms with Crippen molar-refractivity contribution in [3.63, 3.8) is 0 Å². The van der Waals surface area contributed by atoms with Crippen molar-refractivity contribution in [2.75, 3.05) is 18.4 Å². The first-order valence-corrected chi connectivity index (χ1v) is 8.95. The first-order valence-electron chi connectivity index (χ1n) is 8.57. The maximum absolute atomic E-state index is 12.3. The molecule has 8 heteroatoms. The highest BCUT2D eigenvalue weighted by atomic mass is 35.5. The lowest BCUT2D eigenvalue weighted by Crippen LogP contribution is -2.52. The van der Waals surface area contributed by atoms with E-state index in [2.05, 4.69) is 15.6 Å². The fourth-order valence-electron chi connectivity index (χ4n) is 2.79. The van der Waals surface area contributed by atoms with Crippen LogP contribution in [0.1, 0.15) is 11.7 Å². The Morgan fingerprint density at radius 3 is 2.78 bits per heavy atom. The Labute approximate surface area is 161 Å². The van der Waals surface area contributed by atoms with Crippen LogP contribution in [-0.4, -0.2) is 39.0 Å². The maximum atomic E-state index is 12.3. The molecular weight excluding hydrogens is 366 g/mol. The van der Waals surface area contributed by atoms with Crippen LogP contribution in [0.3, 0.4) is 0 Å². The molecule has 27 heavy (non-hydrogen) atoms. The monoisotopic (exact) mass is 383 g/mol. The molecule has 0 atom stereocenters. The van der Waals surface area contributed by atoms with E-state index in [0.717, 1.165) is 11.4 Å². The molecule has 7 nitrogen and oxygen atoms in total. The van der Waals surface area contributed by atoms with E-state index in [9.17, 15) is 4.79 Å². The van der Waals surface area contributed by atoms with E-state index in [1.54, 1.807) is 33.8 Å². The van der Waals surface area contributed by atoms with Crippen LogP contribution in [0.25, 0.3) is 0 Å².